The zero-order valence-electron chi connectivity index (χ0n) is 27.0. The number of hydrogen-bond acceptors (Lipinski definition) is 7. The van der Waals surface area contributed by atoms with Gasteiger partial charge in [-0.2, -0.15) is 0 Å². The summed E-state index contributed by atoms with van der Waals surface area (Å²) in [4.78, 5) is 29.7. The van der Waals surface area contributed by atoms with Crippen molar-refractivity contribution >= 4 is 31.6 Å². The topological polar surface area (TPSA) is 119 Å². The number of carbonyl (C=O) groups excluding carboxylic acids is 2. The highest BCUT2D eigenvalue weighted by Gasteiger charge is 2.66. The number of ether oxygens (including phenoxy) is 2. The average molecular weight is 658 g/mol. The first-order valence-corrected chi connectivity index (χ1v) is 18.8. The summed E-state index contributed by atoms with van der Waals surface area (Å²) in [6.07, 6.45) is 2.03. The zero-order chi connectivity index (χ0) is 33.3. The lowest BCUT2D eigenvalue weighted by atomic mass is 9.82. The molecule has 1 fully saturated rings. The van der Waals surface area contributed by atoms with Crippen LogP contribution in [0, 0.1) is 5.92 Å². The number of aromatic nitrogens is 3. The molecule has 0 radical (unpaired) electrons. The number of amides is 2. The van der Waals surface area contributed by atoms with Crippen LogP contribution in [-0.2, 0) is 34.6 Å². The number of aliphatic hydroxyl groups is 1. The van der Waals surface area contributed by atoms with E-state index in [2.05, 4.69) is 15.6 Å². The van der Waals surface area contributed by atoms with Gasteiger partial charge in [0.15, 0.2) is 5.60 Å². The number of aryl methyl sites for hydroxylation is 1. The molecule has 47 heavy (non-hydrogen) atoms. The van der Waals surface area contributed by atoms with Crippen LogP contribution in [-0.4, -0.2) is 60.1 Å². The van der Waals surface area contributed by atoms with Crippen molar-refractivity contribution in [2.45, 2.75) is 63.2 Å². The third kappa shape index (κ3) is 6.20. The maximum atomic E-state index is 16.3. The Labute approximate surface area is 274 Å². The van der Waals surface area contributed by atoms with Crippen LogP contribution in [0.5, 0.6) is 5.75 Å². The average Bonchev–Trinajstić information content (AvgIpc) is 3.70. The van der Waals surface area contributed by atoms with Gasteiger partial charge in [0.2, 0.25) is 8.41 Å². The van der Waals surface area contributed by atoms with E-state index in [1.165, 1.54) is 0 Å². The number of nitrogens with one attached hydrogen (secondary N) is 1. The maximum Gasteiger partial charge on any atom is 0.264 e. The number of anilines is 2. The molecule has 246 valence electrons. The van der Waals surface area contributed by atoms with Gasteiger partial charge in [-0.15, -0.1) is 5.10 Å². The first-order chi connectivity index (χ1) is 22.5. The molecule has 6 rings (SSSR count). The summed E-state index contributed by atoms with van der Waals surface area (Å²) in [6.45, 7) is 5.97. The largest absolute Gasteiger partial charge is 0.497 e. The molecule has 1 saturated heterocycles. The molecule has 2 N–H and O–H groups in total. The Morgan fingerprint density at radius 1 is 1.13 bits per heavy atom. The van der Waals surface area contributed by atoms with Gasteiger partial charge < -0.3 is 28.9 Å². The van der Waals surface area contributed by atoms with Gasteiger partial charge >= 0.3 is 0 Å². The summed E-state index contributed by atoms with van der Waals surface area (Å²) in [7, 11) is -1.82. The predicted octanol–water partition coefficient (Wildman–Crippen LogP) is 5.49. The van der Waals surface area contributed by atoms with E-state index in [1.807, 2.05) is 43.3 Å². The third-order valence-corrected chi connectivity index (χ3v) is 11.8. The molecular weight excluding hydrogens is 617 g/mol. The van der Waals surface area contributed by atoms with Crippen LogP contribution < -0.4 is 15.0 Å². The van der Waals surface area contributed by atoms with Crippen LogP contribution in [0.2, 0.25) is 18.6 Å². The third-order valence-electron chi connectivity index (χ3n) is 9.35. The summed E-state index contributed by atoms with van der Waals surface area (Å²) >= 11 is 0. The molecule has 10 nitrogen and oxygen atoms in total. The quantitative estimate of drug-likeness (QED) is 0.162. The van der Waals surface area contributed by atoms with Gasteiger partial charge in [-0.1, -0.05) is 42.5 Å². The fraction of sp³-hybridized carbons (Fsp3) is 0.371. The van der Waals surface area contributed by atoms with Gasteiger partial charge in [0.1, 0.15) is 5.75 Å². The van der Waals surface area contributed by atoms with Crippen molar-refractivity contribution in [1.82, 2.24) is 15.0 Å². The van der Waals surface area contributed by atoms with Gasteiger partial charge in [-0.3, -0.25) is 14.3 Å². The van der Waals surface area contributed by atoms with Crippen LogP contribution in [0.4, 0.5) is 15.5 Å². The van der Waals surface area contributed by atoms with Crippen LogP contribution in [0.15, 0.2) is 79.0 Å². The number of rotatable bonds is 11. The molecule has 0 saturated carbocycles. The Morgan fingerprint density at radius 2 is 1.87 bits per heavy atom. The number of halogens is 1. The molecule has 0 unspecified atom stereocenters. The molecule has 3 aromatic carbocycles. The molecule has 2 aliphatic heterocycles. The molecule has 3 heterocycles. The number of hydrogen-bond donors (Lipinski definition) is 2. The normalized spacial score (nSPS) is 22.1. The highest BCUT2D eigenvalue weighted by atomic mass is 28.4. The molecule has 1 aromatic heterocycles. The molecule has 2 aliphatic rings. The summed E-state index contributed by atoms with van der Waals surface area (Å²) < 4.78 is 30.1. The molecule has 2 amide bonds. The monoisotopic (exact) mass is 657 g/mol. The molecule has 1 spiro atoms. The van der Waals surface area contributed by atoms with E-state index >= 15 is 4.11 Å². The Bertz CT molecular complexity index is 1750. The standard InChI is InChI=1S/C35H40FN5O5Si/c1-23-32(47(3,4)36)31(16-18-40-22-27(17-19-42)38-39-40)46-35(23)29-20-26(37-33(43)25-10-13-28(45-2)14-11-25)12-15-30(29)41(34(35)44)21-24-8-6-5-7-9-24/h5-15,20,22-23,31-32,42H,16-19,21H2,1-4H3,(H,37,43)/t23-,31+,32-,35+/m1/s1. The summed E-state index contributed by atoms with van der Waals surface area (Å²) in [6, 6.07) is 21.9. The lowest BCUT2D eigenvalue weighted by molar-refractivity contribution is -0.146. The number of aliphatic hydroxyl groups excluding tert-OH is 1. The number of fused-ring (bicyclic) bond motifs is 2. The first kappa shape index (κ1) is 32.5. The summed E-state index contributed by atoms with van der Waals surface area (Å²) in [5.41, 5.74) is 1.94. The van der Waals surface area contributed by atoms with E-state index in [4.69, 9.17) is 9.47 Å². The van der Waals surface area contributed by atoms with Gasteiger partial charge in [0.25, 0.3) is 11.8 Å². The first-order valence-electron chi connectivity index (χ1n) is 15.9. The fourth-order valence-electron chi connectivity index (χ4n) is 7.20. The van der Waals surface area contributed by atoms with Gasteiger partial charge in [0, 0.05) is 54.0 Å². The van der Waals surface area contributed by atoms with E-state index in [0.717, 1.165) is 5.56 Å². The van der Waals surface area contributed by atoms with Crippen molar-refractivity contribution in [1.29, 1.82) is 0 Å². The van der Waals surface area contributed by atoms with Crippen LogP contribution >= 0.6 is 0 Å². The van der Waals surface area contributed by atoms with Crippen LogP contribution in [0.1, 0.15) is 40.5 Å². The second kappa shape index (κ2) is 13.0. The van der Waals surface area contributed by atoms with E-state index in [1.54, 1.807) is 72.4 Å². The van der Waals surface area contributed by atoms with E-state index < -0.39 is 31.6 Å². The van der Waals surface area contributed by atoms with Crippen molar-refractivity contribution in [3.05, 3.63) is 101 Å². The van der Waals surface area contributed by atoms with Gasteiger partial charge in [0.05, 0.1) is 31.1 Å². The summed E-state index contributed by atoms with van der Waals surface area (Å²) in [5.74, 6) is -0.393. The highest BCUT2D eigenvalue weighted by Crippen LogP contribution is 2.60. The smallest absolute Gasteiger partial charge is 0.264 e. The van der Waals surface area contributed by atoms with Crippen LogP contribution in [0.3, 0.4) is 0 Å². The maximum absolute atomic E-state index is 16.3. The van der Waals surface area contributed by atoms with Crippen molar-refractivity contribution < 1.29 is 28.3 Å². The SMILES string of the molecule is COc1ccc(C(=O)Nc2ccc3c(c2)[C@]2(O[C@@H](CCn4cc(CCO)nn4)[C@H]([Si](C)(C)F)[C@H]2C)C(=O)N3Cc2ccccc2)cc1. The van der Waals surface area contributed by atoms with E-state index in [9.17, 15) is 14.7 Å². The lowest BCUT2D eigenvalue weighted by Gasteiger charge is -2.31. The zero-order valence-corrected chi connectivity index (χ0v) is 28.0. The van der Waals surface area contributed by atoms with Crippen molar-refractivity contribution in [2.24, 2.45) is 5.92 Å². The van der Waals surface area contributed by atoms with Crippen molar-refractivity contribution in [2.75, 3.05) is 23.9 Å². The molecule has 12 heteroatoms. The lowest BCUT2D eigenvalue weighted by Crippen LogP contribution is -2.45. The Balaban J connectivity index is 1.37. The molecular formula is C35H40FN5O5Si. The van der Waals surface area contributed by atoms with Crippen LogP contribution in [0.25, 0.3) is 0 Å². The predicted molar refractivity (Wildman–Crippen MR) is 179 cm³/mol. The fourth-order valence-corrected chi connectivity index (χ4v) is 9.74. The highest BCUT2D eigenvalue weighted by molar-refractivity contribution is 6.72. The minimum absolute atomic E-state index is 0.0300. The van der Waals surface area contributed by atoms with Crippen molar-refractivity contribution in [3.63, 3.8) is 0 Å². The molecule has 4 aromatic rings. The Hall–Kier alpha value is -4.39. The molecule has 4 atom stereocenters. The van der Waals surface area contributed by atoms with E-state index in [0.29, 0.717) is 59.9 Å². The Kier molecular flexibility index (Phi) is 9.01. The minimum atomic E-state index is -3.38. The number of nitrogens with zero attached hydrogens (tertiary/aromatic N) is 4. The molecule has 0 aliphatic carbocycles. The molecule has 0 bridgehead atoms. The van der Waals surface area contributed by atoms with Crippen molar-refractivity contribution in [3.8, 4) is 5.75 Å². The van der Waals surface area contributed by atoms with Gasteiger partial charge in [-0.25, -0.2) is 0 Å². The summed E-state index contributed by atoms with van der Waals surface area (Å²) in [5, 5.41) is 20.5. The van der Waals surface area contributed by atoms with Gasteiger partial charge in [-0.05, 0) is 67.5 Å². The Morgan fingerprint density at radius 3 is 2.55 bits per heavy atom. The van der Waals surface area contributed by atoms with E-state index in [-0.39, 0.29) is 18.4 Å². The number of carbonyl (C=O) groups is 2. The number of methoxy groups -OCH3 is 1. The number of benzene rings is 3. The second-order valence-corrected chi connectivity index (χ2v) is 16.6. The minimum Gasteiger partial charge on any atom is -0.497 e. The second-order valence-electron chi connectivity index (χ2n) is 12.8.